The van der Waals surface area contributed by atoms with Crippen LogP contribution in [0.2, 0.25) is 0 Å². The molecule has 0 heterocycles. The van der Waals surface area contributed by atoms with E-state index < -0.39 is 0 Å². The minimum absolute atomic E-state index is 0.0290. The minimum atomic E-state index is -0.298. The van der Waals surface area contributed by atoms with Crippen molar-refractivity contribution in [3.8, 4) is 5.75 Å². The van der Waals surface area contributed by atoms with Crippen molar-refractivity contribution in [2.24, 2.45) is 5.18 Å². The SMILES string of the molecule is O=Nc1ccc2ccccc2c1[O-]. The van der Waals surface area contributed by atoms with E-state index in [9.17, 15) is 10.0 Å². The van der Waals surface area contributed by atoms with E-state index in [-0.39, 0.29) is 11.4 Å². The van der Waals surface area contributed by atoms with E-state index in [1.165, 1.54) is 6.07 Å². The largest absolute Gasteiger partial charge is 0.871 e. The number of hydrogen-bond acceptors (Lipinski definition) is 3. The van der Waals surface area contributed by atoms with Gasteiger partial charge in [-0.25, -0.2) is 0 Å². The third kappa shape index (κ3) is 1.14. The monoisotopic (exact) mass is 172 g/mol. The van der Waals surface area contributed by atoms with Gasteiger partial charge in [0.2, 0.25) is 0 Å². The molecular formula is C10H6NO2-. The lowest BCUT2D eigenvalue weighted by molar-refractivity contribution is -0.264. The molecule has 0 saturated heterocycles. The van der Waals surface area contributed by atoms with Crippen molar-refractivity contribution in [1.82, 2.24) is 0 Å². The second kappa shape index (κ2) is 2.86. The van der Waals surface area contributed by atoms with E-state index in [0.717, 1.165) is 5.39 Å². The summed E-state index contributed by atoms with van der Waals surface area (Å²) in [7, 11) is 0. The molecule has 0 amide bonds. The summed E-state index contributed by atoms with van der Waals surface area (Å²) in [6, 6.07) is 10.3. The normalized spacial score (nSPS) is 10.2. The van der Waals surface area contributed by atoms with Crippen LogP contribution in [0.5, 0.6) is 5.75 Å². The van der Waals surface area contributed by atoms with Gasteiger partial charge in [-0.05, 0) is 22.0 Å². The quantitative estimate of drug-likeness (QED) is 0.619. The first kappa shape index (κ1) is 7.73. The summed E-state index contributed by atoms with van der Waals surface area (Å²) in [5, 5.41) is 15.5. The van der Waals surface area contributed by atoms with Crippen LogP contribution < -0.4 is 5.11 Å². The lowest BCUT2D eigenvalue weighted by Crippen LogP contribution is -1.91. The van der Waals surface area contributed by atoms with Crippen molar-refractivity contribution in [3.63, 3.8) is 0 Å². The Bertz CT molecular complexity index is 465. The Kier molecular flexibility index (Phi) is 1.70. The van der Waals surface area contributed by atoms with E-state index >= 15 is 0 Å². The molecule has 3 heteroatoms. The summed E-state index contributed by atoms with van der Waals surface area (Å²) < 4.78 is 0. The van der Waals surface area contributed by atoms with Crippen LogP contribution in [-0.2, 0) is 0 Å². The van der Waals surface area contributed by atoms with Crippen molar-refractivity contribution >= 4 is 16.5 Å². The number of hydrogen-bond donors (Lipinski definition) is 0. The molecule has 0 saturated carbocycles. The van der Waals surface area contributed by atoms with Crippen LogP contribution in [-0.4, -0.2) is 0 Å². The number of fused-ring (bicyclic) bond motifs is 1. The molecule has 0 fully saturated rings. The molecule has 0 aliphatic rings. The Morgan fingerprint density at radius 2 is 1.85 bits per heavy atom. The summed E-state index contributed by atoms with van der Waals surface area (Å²) in [4.78, 5) is 10.2. The molecule has 0 aliphatic carbocycles. The summed E-state index contributed by atoms with van der Waals surface area (Å²) in [6.07, 6.45) is 0. The highest BCUT2D eigenvalue weighted by atomic mass is 16.3. The molecule has 0 unspecified atom stereocenters. The highest BCUT2D eigenvalue weighted by Crippen LogP contribution is 2.31. The van der Waals surface area contributed by atoms with Crippen LogP contribution in [0.3, 0.4) is 0 Å². The molecule has 3 nitrogen and oxygen atoms in total. The second-order valence-electron chi connectivity index (χ2n) is 2.73. The number of nitrogens with zero attached hydrogens (tertiary/aromatic N) is 1. The van der Waals surface area contributed by atoms with Gasteiger partial charge in [0, 0.05) is 0 Å². The van der Waals surface area contributed by atoms with Crippen LogP contribution in [0.1, 0.15) is 0 Å². The molecule has 0 spiro atoms. The Balaban J connectivity index is 2.86. The molecule has 2 aromatic carbocycles. The van der Waals surface area contributed by atoms with Gasteiger partial charge < -0.3 is 5.11 Å². The first-order chi connectivity index (χ1) is 6.33. The molecule has 2 aromatic rings. The first-order valence-corrected chi connectivity index (χ1v) is 3.85. The Labute approximate surface area is 74.6 Å². The molecule has 0 aromatic heterocycles. The van der Waals surface area contributed by atoms with E-state index in [1.807, 2.05) is 12.1 Å². The highest BCUT2D eigenvalue weighted by molar-refractivity contribution is 5.91. The van der Waals surface area contributed by atoms with E-state index in [1.54, 1.807) is 18.2 Å². The smallest absolute Gasteiger partial charge is 0.100 e. The second-order valence-corrected chi connectivity index (χ2v) is 2.73. The third-order valence-corrected chi connectivity index (χ3v) is 1.96. The average molecular weight is 172 g/mol. The molecular weight excluding hydrogens is 166 g/mol. The third-order valence-electron chi connectivity index (χ3n) is 1.96. The van der Waals surface area contributed by atoms with Crippen molar-refractivity contribution in [2.45, 2.75) is 0 Å². The molecule has 0 atom stereocenters. The van der Waals surface area contributed by atoms with Crippen molar-refractivity contribution in [2.75, 3.05) is 0 Å². The predicted octanol–water partition coefficient (Wildman–Crippen LogP) is 2.31. The van der Waals surface area contributed by atoms with Gasteiger partial charge in [-0.15, -0.1) is 4.91 Å². The number of benzene rings is 2. The number of rotatable bonds is 1. The van der Waals surface area contributed by atoms with E-state index in [0.29, 0.717) is 5.39 Å². The summed E-state index contributed by atoms with van der Waals surface area (Å²) in [5.41, 5.74) is -0.0290. The van der Waals surface area contributed by atoms with Crippen molar-refractivity contribution < 1.29 is 5.11 Å². The topological polar surface area (TPSA) is 52.5 Å². The summed E-state index contributed by atoms with van der Waals surface area (Å²) in [6.45, 7) is 0. The maximum atomic E-state index is 11.5. The van der Waals surface area contributed by atoms with E-state index in [4.69, 9.17) is 0 Å². The molecule has 2 rings (SSSR count). The van der Waals surface area contributed by atoms with Crippen LogP contribution in [0, 0.1) is 4.91 Å². The van der Waals surface area contributed by atoms with Crippen LogP contribution in [0.4, 0.5) is 5.69 Å². The van der Waals surface area contributed by atoms with Gasteiger partial charge in [0.05, 0.1) is 0 Å². The molecule has 0 bridgehead atoms. The van der Waals surface area contributed by atoms with Gasteiger partial charge >= 0.3 is 0 Å². The molecule has 0 radical (unpaired) electrons. The lowest BCUT2D eigenvalue weighted by Gasteiger charge is -2.11. The molecule has 0 N–H and O–H groups in total. The van der Waals surface area contributed by atoms with Gasteiger partial charge in [0.25, 0.3) is 0 Å². The van der Waals surface area contributed by atoms with Crippen LogP contribution in [0.15, 0.2) is 41.6 Å². The Morgan fingerprint density at radius 1 is 1.08 bits per heavy atom. The Hall–Kier alpha value is -1.90. The average Bonchev–Trinajstić information content (AvgIpc) is 2.19. The van der Waals surface area contributed by atoms with Gasteiger partial charge in [0.1, 0.15) is 5.69 Å². The van der Waals surface area contributed by atoms with E-state index in [2.05, 4.69) is 5.18 Å². The highest BCUT2D eigenvalue weighted by Gasteiger charge is 1.97. The fraction of sp³-hybridized carbons (Fsp3) is 0. The standard InChI is InChI=1S/C10H7NO2/c12-10-8-4-2-1-3-7(8)5-6-9(10)11-13/h1-6,12H/p-1. The van der Waals surface area contributed by atoms with Crippen LogP contribution >= 0.6 is 0 Å². The zero-order valence-corrected chi connectivity index (χ0v) is 6.73. The summed E-state index contributed by atoms with van der Waals surface area (Å²) >= 11 is 0. The molecule has 0 aliphatic heterocycles. The molecule has 13 heavy (non-hydrogen) atoms. The maximum Gasteiger partial charge on any atom is 0.100 e. The summed E-state index contributed by atoms with van der Waals surface area (Å²) in [5.74, 6) is -0.298. The van der Waals surface area contributed by atoms with Gasteiger partial charge in [0.15, 0.2) is 0 Å². The van der Waals surface area contributed by atoms with Crippen molar-refractivity contribution in [3.05, 3.63) is 41.3 Å². The fourth-order valence-corrected chi connectivity index (χ4v) is 1.30. The van der Waals surface area contributed by atoms with Crippen LogP contribution in [0.25, 0.3) is 10.8 Å². The van der Waals surface area contributed by atoms with Gasteiger partial charge in [-0.1, -0.05) is 36.1 Å². The zero-order chi connectivity index (χ0) is 9.26. The van der Waals surface area contributed by atoms with Crippen molar-refractivity contribution in [1.29, 1.82) is 0 Å². The first-order valence-electron chi connectivity index (χ1n) is 3.85. The number of nitroso groups, excluding NO2 is 1. The lowest BCUT2D eigenvalue weighted by atomic mass is 10.1. The predicted molar refractivity (Wildman–Crippen MR) is 48.8 cm³/mol. The van der Waals surface area contributed by atoms with Gasteiger partial charge in [-0.3, -0.25) is 0 Å². The minimum Gasteiger partial charge on any atom is -0.871 e. The zero-order valence-electron chi connectivity index (χ0n) is 6.73. The maximum absolute atomic E-state index is 11.5. The fourth-order valence-electron chi connectivity index (χ4n) is 1.30. The van der Waals surface area contributed by atoms with Gasteiger partial charge in [-0.2, -0.15) is 0 Å². The Morgan fingerprint density at radius 3 is 2.62 bits per heavy atom. The molecule has 64 valence electrons.